The van der Waals surface area contributed by atoms with Crippen LogP contribution in [0.15, 0.2) is 60.7 Å². The van der Waals surface area contributed by atoms with E-state index < -0.39 is 0 Å². The molecule has 9 heteroatoms. The van der Waals surface area contributed by atoms with Crippen LogP contribution in [0.2, 0.25) is 0 Å². The Hall–Kier alpha value is -4.01. The molecule has 0 atom stereocenters. The third kappa shape index (κ3) is 5.74. The molecule has 8 nitrogen and oxygen atoms in total. The summed E-state index contributed by atoms with van der Waals surface area (Å²) < 4.78 is 18.3. The molecule has 1 aliphatic heterocycles. The van der Waals surface area contributed by atoms with Gasteiger partial charge in [0.25, 0.3) is 5.91 Å². The van der Waals surface area contributed by atoms with E-state index in [9.17, 15) is 14.0 Å². The molecule has 1 aliphatic rings. The minimum absolute atomic E-state index is 0.0265. The van der Waals surface area contributed by atoms with Crippen molar-refractivity contribution in [3.05, 3.63) is 72.0 Å². The predicted molar refractivity (Wildman–Crippen MR) is 131 cm³/mol. The van der Waals surface area contributed by atoms with Crippen LogP contribution in [-0.4, -0.2) is 78.2 Å². The van der Waals surface area contributed by atoms with E-state index in [1.54, 1.807) is 53.3 Å². The Morgan fingerprint density at radius 1 is 1.00 bits per heavy atom. The summed E-state index contributed by atoms with van der Waals surface area (Å²) in [7, 11) is 1.55. The number of halogens is 1. The topological polar surface area (TPSA) is 78.9 Å². The lowest BCUT2D eigenvalue weighted by molar-refractivity contribution is -0.132. The monoisotopic (exact) mass is 477 g/mol. The van der Waals surface area contributed by atoms with Crippen LogP contribution in [0.4, 0.5) is 10.2 Å². The molecule has 1 aromatic heterocycles. The molecule has 0 saturated carbocycles. The number of aromatic nitrogens is 2. The molecule has 4 rings (SSSR count). The Morgan fingerprint density at radius 2 is 1.74 bits per heavy atom. The third-order valence-electron chi connectivity index (χ3n) is 6.06. The number of hydrogen-bond donors (Lipinski definition) is 0. The molecule has 3 aromatic rings. The van der Waals surface area contributed by atoms with Crippen molar-refractivity contribution in [3.63, 3.8) is 0 Å². The number of rotatable bonds is 7. The van der Waals surface area contributed by atoms with Crippen molar-refractivity contribution < 1.29 is 18.7 Å². The zero-order valence-electron chi connectivity index (χ0n) is 19.9. The van der Waals surface area contributed by atoms with Gasteiger partial charge in [-0.2, -0.15) is 0 Å². The summed E-state index contributed by atoms with van der Waals surface area (Å²) in [6.07, 6.45) is 0. The fourth-order valence-corrected chi connectivity index (χ4v) is 3.98. The molecule has 0 spiro atoms. The summed E-state index contributed by atoms with van der Waals surface area (Å²) in [6.45, 7) is 4.61. The molecule has 0 unspecified atom stereocenters. The molecular formula is C26H28FN5O3. The van der Waals surface area contributed by atoms with E-state index in [2.05, 4.69) is 15.1 Å². The van der Waals surface area contributed by atoms with E-state index in [1.807, 2.05) is 19.1 Å². The largest absolute Gasteiger partial charge is 0.497 e. The summed E-state index contributed by atoms with van der Waals surface area (Å²) in [6, 6.07) is 16.8. The number of methoxy groups -OCH3 is 1. The number of anilines is 1. The van der Waals surface area contributed by atoms with Gasteiger partial charge in [0.2, 0.25) is 5.91 Å². The molecule has 0 radical (unpaired) electrons. The maximum absolute atomic E-state index is 13.1. The van der Waals surface area contributed by atoms with Crippen molar-refractivity contribution in [2.24, 2.45) is 0 Å². The molecule has 0 aliphatic carbocycles. The Labute approximate surface area is 203 Å². The number of piperazine rings is 1. The predicted octanol–water partition coefficient (Wildman–Crippen LogP) is 3.10. The SMILES string of the molecule is CCN(CC(=O)N1CCN(c2ccc(-c3ccc(F)cc3)nn2)CC1)C(=O)c1cccc(OC)c1. The highest BCUT2D eigenvalue weighted by atomic mass is 19.1. The van der Waals surface area contributed by atoms with Gasteiger partial charge in [-0.05, 0) is 61.5 Å². The second-order valence-corrected chi connectivity index (χ2v) is 8.20. The molecule has 2 aromatic carbocycles. The van der Waals surface area contributed by atoms with Crippen LogP contribution in [0.25, 0.3) is 11.3 Å². The van der Waals surface area contributed by atoms with Gasteiger partial charge < -0.3 is 19.4 Å². The van der Waals surface area contributed by atoms with E-state index in [1.165, 1.54) is 12.1 Å². The van der Waals surface area contributed by atoms with E-state index in [0.717, 1.165) is 11.4 Å². The molecule has 2 heterocycles. The van der Waals surface area contributed by atoms with Crippen LogP contribution in [-0.2, 0) is 4.79 Å². The summed E-state index contributed by atoms with van der Waals surface area (Å²) in [5.41, 5.74) is 1.96. The number of amides is 2. The van der Waals surface area contributed by atoms with Gasteiger partial charge in [-0.15, -0.1) is 10.2 Å². The summed E-state index contributed by atoms with van der Waals surface area (Å²) >= 11 is 0. The molecule has 2 amide bonds. The average molecular weight is 478 g/mol. The average Bonchev–Trinajstić information content (AvgIpc) is 2.92. The lowest BCUT2D eigenvalue weighted by Crippen LogP contribution is -2.52. The fourth-order valence-electron chi connectivity index (χ4n) is 3.98. The van der Waals surface area contributed by atoms with Crippen molar-refractivity contribution in [1.82, 2.24) is 20.0 Å². The smallest absolute Gasteiger partial charge is 0.254 e. The summed E-state index contributed by atoms with van der Waals surface area (Å²) in [5.74, 6) is 0.752. The second-order valence-electron chi connectivity index (χ2n) is 8.20. The van der Waals surface area contributed by atoms with Crippen LogP contribution in [0.3, 0.4) is 0 Å². The fraction of sp³-hybridized carbons (Fsp3) is 0.308. The molecule has 0 bridgehead atoms. The van der Waals surface area contributed by atoms with Crippen LogP contribution in [0.1, 0.15) is 17.3 Å². The number of nitrogens with zero attached hydrogens (tertiary/aromatic N) is 5. The Balaban J connectivity index is 1.32. The molecule has 35 heavy (non-hydrogen) atoms. The van der Waals surface area contributed by atoms with Crippen molar-refractivity contribution in [2.45, 2.75) is 6.92 Å². The van der Waals surface area contributed by atoms with E-state index in [0.29, 0.717) is 49.7 Å². The van der Waals surface area contributed by atoms with Gasteiger partial charge in [0.1, 0.15) is 18.1 Å². The first-order valence-electron chi connectivity index (χ1n) is 11.5. The maximum Gasteiger partial charge on any atom is 0.254 e. The van der Waals surface area contributed by atoms with Gasteiger partial charge in [-0.25, -0.2) is 4.39 Å². The molecule has 0 N–H and O–H groups in total. The number of likely N-dealkylation sites (N-methyl/N-ethyl adjacent to an activating group) is 1. The highest BCUT2D eigenvalue weighted by Crippen LogP contribution is 2.20. The normalized spacial score (nSPS) is 13.5. The van der Waals surface area contributed by atoms with Gasteiger partial charge >= 0.3 is 0 Å². The second kappa shape index (κ2) is 10.9. The zero-order valence-corrected chi connectivity index (χ0v) is 19.9. The van der Waals surface area contributed by atoms with Crippen LogP contribution < -0.4 is 9.64 Å². The molecule has 1 saturated heterocycles. The summed E-state index contributed by atoms with van der Waals surface area (Å²) in [4.78, 5) is 31.2. The molecular weight excluding hydrogens is 449 g/mol. The zero-order chi connectivity index (χ0) is 24.8. The number of hydrogen-bond acceptors (Lipinski definition) is 6. The van der Waals surface area contributed by atoms with Crippen molar-refractivity contribution in [1.29, 1.82) is 0 Å². The quantitative estimate of drug-likeness (QED) is 0.520. The Morgan fingerprint density at radius 3 is 2.37 bits per heavy atom. The van der Waals surface area contributed by atoms with Crippen LogP contribution in [0.5, 0.6) is 5.75 Å². The lowest BCUT2D eigenvalue weighted by atomic mass is 10.1. The van der Waals surface area contributed by atoms with Gasteiger partial charge in [-0.3, -0.25) is 9.59 Å². The summed E-state index contributed by atoms with van der Waals surface area (Å²) in [5, 5.41) is 8.59. The number of benzene rings is 2. The number of carbonyl (C=O) groups excluding carboxylic acids is 2. The van der Waals surface area contributed by atoms with Crippen molar-refractivity contribution in [2.75, 3.05) is 51.3 Å². The van der Waals surface area contributed by atoms with Gasteiger partial charge in [0.15, 0.2) is 5.82 Å². The highest BCUT2D eigenvalue weighted by Gasteiger charge is 2.25. The lowest BCUT2D eigenvalue weighted by Gasteiger charge is -2.36. The van der Waals surface area contributed by atoms with Crippen molar-refractivity contribution in [3.8, 4) is 17.0 Å². The first-order chi connectivity index (χ1) is 17.0. The number of ether oxygens (including phenoxy) is 1. The van der Waals surface area contributed by atoms with Gasteiger partial charge in [0.05, 0.1) is 12.8 Å². The van der Waals surface area contributed by atoms with E-state index >= 15 is 0 Å². The minimum Gasteiger partial charge on any atom is -0.497 e. The highest BCUT2D eigenvalue weighted by molar-refractivity contribution is 5.96. The van der Waals surface area contributed by atoms with Crippen LogP contribution in [0, 0.1) is 5.82 Å². The first kappa shape index (κ1) is 24.1. The maximum atomic E-state index is 13.1. The molecule has 1 fully saturated rings. The molecule has 182 valence electrons. The number of carbonyl (C=O) groups is 2. The van der Waals surface area contributed by atoms with Gasteiger partial charge in [-0.1, -0.05) is 6.07 Å². The van der Waals surface area contributed by atoms with Crippen molar-refractivity contribution >= 4 is 17.6 Å². The standard InChI is InChI=1S/C26H28FN5O3/c1-3-30(26(34)20-5-4-6-22(17-20)35-2)18-25(33)32-15-13-31(14-16-32)24-12-11-23(28-29-24)19-7-9-21(27)10-8-19/h4-12,17H,3,13-16,18H2,1-2H3. The third-order valence-corrected chi connectivity index (χ3v) is 6.06. The van der Waals surface area contributed by atoms with Gasteiger partial charge in [0, 0.05) is 43.9 Å². The minimum atomic E-state index is -0.294. The van der Waals surface area contributed by atoms with E-state index in [4.69, 9.17) is 4.74 Å². The van der Waals surface area contributed by atoms with E-state index in [-0.39, 0.29) is 24.2 Å². The van der Waals surface area contributed by atoms with Crippen LogP contribution >= 0.6 is 0 Å². The Kier molecular flexibility index (Phi) is 7.54. The first-order valence-corrected chi connectivity index (χ1v) is 11.5. The Bertz CT molecular complexity index is 1160.